The van der Waals surface area contributed by atoms with Crippen molar-refractivity contribution in [2.75, 3.05) is 21.3 Å². The van der Waals surface area contributed by atoms with Crippen LogP contribution in [-0.4, -0.2) is 27.6 Å². The third kappa shape index (κ3) is 2.81. The Hall–Kier alpha value is -2.56. The first kappa shape index (κ1) is 14.8. The van der Waals surface area contributed by atoms with E-state index in [2.05, 4.69) is 0 Å². The van der Waals surface area contributed by atoms with Crippen molar-refractivity contribution in [1.82, 2.24) is 0 Å². The molecule has 0 bridgehead atoms. The number of hydrogen-bond acceptors (Lipinski definition) is 4. The molecule has 0 spiro atoms. The Morgan fingerprint density at radius 3 is 2.24 bits per heavy atom. The number of benzene rings is 2. The lowest BCUT2D eigenvalue weighted by Gasteiger charge is -2.14. The quantitative estimate of drug-likeness (QED) is 0.792. The molecule has 0 radical (unpaired) electrons. The van der Waals surface area contributed by atoms with Gasteiger partial charge in [0.05, 0.1) is 26.9 Å². The molecular formula is C16H15FO4. The van der Waals surface area contributed by atoms with Crippen LogP contribution in [0.15, 0.2) is 30.3 Å². The summed E-state index contributed by atoms with van der Waals surface area (Å²) >= 11 is 0. The minimum atomic E-state index is -0.395. The van der Waals surface area contributed by atoms with Crippen molar-refractivity contribution in [3.8, 4) is 28.4 Å². The molecule has 2 aromatic carbocycles. The van der Waals surface area contributed by atoms with Crippen LogP contribution in [0.4, 0.5) is 4.39 Å². The van der Waals surface area contributed by atoms with Gasteiger partial charge < -0.3 is 14.2 Å². The van der Waals surface area contributed by atoms with Crippen LogP contribution in [0.3, 0.4) is 0 Å². The van der Waals surface area contributed by atoms with E-state index in [4.69, 9.17) is 14.2 Å². The van der Waals surface area contributed by atoms with Gasteiger partial charge in [-0.2, -0.15) is 0 Å². The average Bonchev–Trinajstić information content (AvgIpc) is 2.53. The first-order chi connectivity index (χ1) is 10.1. The van der Waals surface area contributed by atoms with Gasteiger partial charge in [-0.1, -0.05) is 0 Å². The molecule has 0 amide bonds. The summed E-state index contributed by atoms with van der Waals surface area (Å²) < 4.78 is 29.1. The Bertz CT molecular complexity index is 668. The first-order valence-corrected chi connectivity index (χ1v) is 6.19. The monoisotopic (exact) mass is 290 g/mol. The number of carbonyl (C=O) groups excluding carboxylic acids is 1. The fourth-order valence-electron chi connectivity index (χ4n) is 2.14. The standard InChI is InChI=1S/C16H15FO4/c1-19-14-5-4-12(17)8-13(14)10-6-11(9-18)16(21-3)15(7-10)20-2/h4-9H,1-3H3. The second kappa shape index (κ2) is 6.26. The second-order valence-electron chi connectivity index (χ2n) is 4.26. The van der Waals surface area contributed by atoms with Crippen molar-refractivity contribution < 1.29 is 23.4 Å². The SMILES string of the molecule is COc1ccc(F)cc1-c1cc(C=O)c(OC)c(OC)c1. The van der Waals surface area contributed by atoms with Gasteiger partial charge in [0.15, 0.2) is 17.8 Å². The van der Waals surface area contributed by atoms with Crippen LogP contribution in [0, 0.1) is 5.82 Å². The molecule has 5 heteroatoms. The van der Waals surface area contributed by atoms with Crippen LogP contribution in [0.1, 0.15) is 10.4 Å². The molecule has 21 heavy (non-hydrogen) atoms. The topological polar surface area (TPSA) is 44.8 Å². The summed E-state index contributed by atoms with van der Waals surface area (Å²) in [6.07, 6.45) is 0.663. The molecule has 0 heterocycles. The van der Waals surface area contributed by atoms with E-state index in [1.54, 1.807) is 12.1 Å². The molecule has 0 fully saturated rings. The Labute approximate surface area is 122 Å². The summed E-state index contributed by atoms with van der Waals surface area (Å²) in [6, 6.07) is 7.45. The highest BCUT2D eigenvalue weighted by molar-refractivity contribution is 5.86. The maximum absolute atomic E-state index is 13.5. The summed E-state index contributed by atoms with van der Waals surface area (Å²) in [5, 5.41) is 0. The highest BCUT2D eigenvalue weighted by Crippen LogP contribution is 2.38. The highest BCUT2D eigenvalue weighted by Gasteiger charge is 2.15. The van der Waals surface area contributed by atoms with E-state index in [0.717, 1.165) is 0 Å². The molecule has 2 aromatic rings. The lowest BCUT2D eigenvalue weighted by Crippen LogP contribution is -1.97. The van der Waals surface area contributed by atoms with Gasteiger partial charge in [-0.15, -0.1) is 0 Å². The number of hydrogen-bond donors (Lipinski definition) is 0. The van der Waals surface area contributed by atoms with Crippen LogP contribution in [0.5, 0.6) is 17.2 Å². The van der Waals surface area contributed by atoms with Crippen LogP contribution in [0.25, 0.3) is 11.1 Å². The number of halogens is 1. The first-order valence-electron chi connectivity index (χ1n) is 6.19. The van der Waals surface area contributed by atoms with Crippen LogP contribution < -0.4 is 14.2 Å². The molecule has 2 rings (SSSR count). The van der Waals surface area contributed by atoms with Gasteiger partial charge in [0, 0.05) is 5.56 Å². The van der Waals surface area contributed by atoms with Crippen molar-refractivity contribution in [3.63, 3.8) is 0 Å². The predicted octanol–water partition coefficient (Wildman–Crippen LogP) is 3.33. The third-order valence-corrected chi connectivity index (χ3v) is 3.11. The third-order valence-electron chi connectivity index (χ3n) is 3.11. The smallest absolute Gasteiger partial charge is 0.171 e. The Morgan fingerprint density at radius 2 is 1.67 bits per heavy atom. The van der Waals surface area contributed by atoms with Gasteiger partial charge in [0.1, 0.15) is 11.6 Å². The van der Waals surface area contributed by atoms with Crippen molar-refractivity contribution >= 4 is 6.29 Å². The fourth-order valence-corrected chi connectivity index (χ4v) is 2.14. The van der Waals surface area contributed by atoms with Gasteiger partial charge in [0.2, 0.25) is 0 Å². The normalized spacial score (nSPS) is 10.1. The molecule has 0 atom stereocenters. The Morgan fingerprint density at radius 1 is 0.952 bits per heavy atom. The van der Waals surface area contributed by atoms with Crippen molar-refractivity contribution in [2.45, 2.75) is 0 Å². The molecule has 0 saturated heterocycles. The fraction of sp³-hybridized carbons (Fsp3) is 0.188. The van der Waals surface area contributed by atoms with Crippen LogP contribution in [-0.2, 0) is 0 Å². The van der Waals surface area contributed by atoms with E-state index in [1.807, 2.05) is 0 Å². The van der Waals surface area contributed by atoms with E-state index in [1.165, 1.54) is 39.5 Å². The van der Waals surface area contributed by atoms with Gasteiger partial charge >= 0.3 is 0 Å². The van der Waals surface area contributed by atoms with E-state index in [9.17, 15) is 9.18 Å². The van der Waals surface area contributed by atoms with E-state index < -0.39 is 5.82 Å². The number of rotatable bonds is 5. The zero-order chi connectivity index (χ0) is 15.4. The predicted molar refractivity (Wildman–Crippen MR) is 76.9 cm³/mol. The van der Waals surface area contributed by atoms with Crippen molar-refractivity contribution in [3.05, 3.63) is 41.7 Å². The number of ether oxygens (including phenoxy) is 3. The average molecular weight is 290 g/mol. The van der Waals surface area contributed by atoms with Crippen LogP contribution in [0.2, 0.25) is 0 Å². The molecular weight excluding hydrogens is 275 g/mol. The van der Waals surface area contributed by atoms with Crippen molar-refractivity contribution in [2.24, 2.45) is 0 Å². The molecule has 0 aliphatic heterocycles. The molecule has 0 N–H and O–H groups in total. The van der Waals surface area contributed by atoms with Gasteiger partial charge in [-0.05, 0) is 35.9 Å². The van der Waals surface area contributed by atoms with E-state index in [-0.39, 0.29) is 0 Å². The summed E-state index contributed by atoms with van der Waals surface area (Å²) in [6.45, 7) is 0. The van der Waals surface area contributed by atoms with Crippen LogP contribution >= 0.6 is 0 Å². The van der Waals surface area contributed by atoms with E-state index >= 15 is 0 Å². The number of carbonyl (C=O) groups is 1. The lowest BCUT2D eigenvalue weighted by atomic mass is 10.0. The summed E-state index contributed by atoms with van der Waals surface area (Å²) in [7, 11) is 4.42. The molecule has 0 unspecified atom stereocenters. The maximum atomic E-state index is 13.5. The Balaban J connectivity index is 2.70. The Kier molecular flexibility index (Phi) is 4.42. The number of aldehydes is 1. The summed E-state index contributed by atoms with van der Waals surface area (Å²) in [5.74, 6) is 0.837. The maximum Gasteiger partial charge on any atom is 0.171 e. The lowest BCUT2D eigenvalue weighted by molar-refractivity contribution is 0.112. The molecule has 0 aliphatic rings. The minimum absolute atomic E-state index is 0.318. The molecule has 0 aliphatic carbocycles. The van der Waals surface area contributed by atoms with Gasteiger partial charge in [-0.3, -0.25) is 4.79 Å². The highest BCUT2D eigenvalue weighted by atomic mass is 19.1. The second-order valence-corrected chi connectivity index (χ2v) is 4.26. The minimum Gasteiger partial charge on any atom is -0.496 e. The largest absolute Gasteiger partial charge is 0.496 e. The molecule has 0 aromatic heterocycles. The summed E-state index contributed by atoms with van der Waals surface area (Å²) in [5.41, 5.74) is 1.45. The van der Waals surface area contributed by atoms with Crippen molar-refractivity contribution in [1.29, 1.82) is 0 Å². The molecule has 110 valence electrons. The zero-order valence-corrected chi connectivity index (χ0v) is 12.0. The van der Waals surface area contributed by atoms with Gasteiger partial charge in [0.25, 0.3) is 0 Å². The van der Waals surface area contributed by atoms with E-state index in [0.29, 0.717) is 40.2 Å². The molecule has 0 saturated carbocycles. The summed E-state index contributed by atoms with van der Waals surface area (Å²) in [4.78, 5) is 11.2. The zero-order valence-electron chi connectivity index (χ0n) is 12.0. The number of methoxy groups -OCH3 is 3. The molecule has 4 nitrogen and oxygen atoms in total. The van der Waals surface area contributed by atoms with Gasteiger partial charge in [-0.25, -0.2) is 4.39 Å².